The molecule has 0 fully saturated rings. The first-order valence-electron chi connectivity index (χ1n) is 6.72. The number of hydrogen-bond acceptors (Lipinski definition) is 2. The van der Waals surface area contributed by atoms with Crippen LogP contribution in [-0.2, 0) is 11.2 Å². The summed E-state index contributed by atoms with van der Waals surface area (Å²) in [6.07, 6.45) is 4.22. The molecule has 0 unspecified atom stereocenters. The Morgan fingerprint density at radius 3 is 2.57 bits per heavy atom. The van der Waals surface area contributed by atoms with E-state index in [9.17, 15) is 14.3 Å². The molecule has 21 heavy (non-hydrogen) atoms. The quantitative estimate of drug-likeness (QED) is 0.827. The number of aromatic hydroxyl groups is 1. The van der Waals surface area contributed by atoms with Gasteiger partial charge in [0.05, 0.1) is 0 Å². The second-order valence-corrected chi connectivity index (χ2v) is 4.97. The van der Waals surface area contributed by atoms with E-state index in [4.69, 9.17) is 0 Å². The minimum atomic E-state index is -0.289. The molecule has 3 rings (SSSR count). The van der Waals surface area contributed by atoms with E-state index in [0.29, 0.717) is 29.7 Å². The lowest BCUT2D eigenvalue weighted by atomic mass is 9.99. The Labute approximate surface area is 121 Å². The van der Waals surface area contributed by atoms with Crippen LogP contribution in [0.25, 0.3) is 12.2 Å². The Morgan fingerprint density at radius 1 is 1.05 bits per heavy atom. The molecule has 106 valence electrons. The average molecular weight is 283 g/mol. The number of carbonyl (C=O) groups excluding carboxylic acids is 1. The highest BCUT2D eigenvalue weighted by atomic mass is 19.1. The number of fused-ring (bicyclic) bond motifs is 1. The fourth-order valence-corrected chi connectivity index (χ4v) is 2.35. The van der Waals surface area contributed by atoms with E-state index in [1.54, 1.807) is 48.6 Å². The molecule has 3 nitrogen and oxygen atoms in total. The van der Waals surface area contributed by atoms with Crippen molar-refractivity contribution >= 4 is 23.7 Å². The third kappa shape index (κ3) is 2.79. The van der Waals surface area contributed by atoms with Crippen LogP contribution in [0.1, 0.15) is 23.1 Å². The SMILES string of the molecule is O=C1CCc2c(ccc(/C=C/c3ccc(O)cc3)c2F)N1. The molecule has 4 heteroatoms. The van der Waals surface area contributed by atoms with E-state index in [1.165, 1.54) is 0 Å². The fraction of sp³-hybridized carbons (Fsp3) is 0.118. The summed E-state index contributed by atoms with van der Waals surface area (Å²) in [6, 6.07) is 10.0. The summed E-state index contributed by atoms with van der Waals surface area (Å²) in [6.45, 7) is 0. The van der Waals surface area contributed by atoms with Crippen LogP contribution in [0, 0.1) is 5.82 Å². The van der Waals surface area contributed by atoms with Crippen LogP contribution in [0.4, 0.5) is 10.1 Å². The highest BCUT2D eigenvalue weighted by molar-refractivity contribution is 5.94. The Hall–Kier alpha value is -2.62. The molecule has 1 heterocycles. The molecular weight excluding hydrogens is 269 g/mol. The minimum absolute atomic E-state index is 0.0747. The van der Waals surface area contributed by atoms with Gasteiger partial charge < -0.3 is 10.4 Å². The number of carbonyl (C=O) groups is 1. The first-order valence-corrected chi connectivity index (χ1v) is 6.72. The zero-order valence-corrected chi connectivity index (χ0v) is 11.3. The molecule has 0 saturated carbocycles. The fourth-order valence-electron chi connectivity index (χ4n) is 2.35. The van der Waals surface area contributed by atoms with Crippen molar-refractivity contribution in [1.82, 2.24) is 0 Å². The van der Waals surface area contributed by atoms with Crippen molar-refractivity contribution in [2.45, 2.75) is 12.8 Å². The van der Waals surface area contributed by atoms with Crippen LogP contribution in [0.15, 0.2) is 36.4 Å². The summed E-state index contributed by atoms with van der Waals surface area (Å²) in [5.41, 5.74) is 2.48. The van der Waals surface area contributed by atoms with Crippen LogP contribution in [0.5, 0.6) is 5.75 Å². The van der Waals surface area contributed by atoms with Crippen molar-refractivity contribution in [3.63, 3.8) is 0 Å². The van der Waals surface area contributed by atoms with E-state index in [-0.39, 0.29) is 17.5 Å². The third-order valence-corrected chi connectivity index (χ3v) is 3.50. The third-order valence-electron chi connectivity index (χ3n) is 3.50. The maximum atomic E-state index is 14.4. The van der Waals surface area contributed by atoms with Crippen molar-refractivity contribution in [2.24, 2.45) is 0 Å². The van der Waals surface area contributed by atoms with Gasteiger partial charge in [-0.3, -0.25) is 4.79 Å². The Balaban J connectivity index is 1.89. The number of phenols is 1. The molecule has 1 aliphatic rings. The van der Waals surface area contributed by atoms with E-state index < -0.39 is 0 Å². The number of hydrogen-bond donors (Lipinski definition) is 2. The highest BCUT2D eigenvalue weighted by Crippen LogP contribution is 2.28. The van der Waals surface area contributed by atoms with E-state index in [0.717, 1.165) is 5.56 Å². The summed E-state index contributed by atoms with van der Waals surface area (Å²) < 4.78 is 14.4. The van der Waals surface area contributed by atoms with Crippen molar-refractivity contribution < 1.29 is 14.3 Å². The summed E-state index contributed by atoms with van der Waals surface area (Å²) in [5.74, 6) is -0.167. The molecule has 0 atom stereocenters. The summed E-state index contributed by atoms with van der Waals surface area (Å²) >= 11 is 0. The van der Waals surface area contributed by atoms with Crippen LogP contribution in [-0.4, -0.2) is 11.0 Å². The number of nitrogens with one attached hydrogen (secondary N) is 1. The second kappa shape index (κ2) is 5.40. The maximum Gasteiger partial charge on any atom is 0.224 e. The lowest BCUT2D eigenvalue weighted by Crippen LogP contribution is -2.20. The van der Waals surface area contributed by atoms with Gasteiger partial charge in [-0.1, -0.05) is 24.3 Å². The molecule has 0 saturated heterocycles. The molecule has 1 aliphatic heterocycles. The largest absolute Gasteiger partial charge is 0.508 e. The molecule has 0 spiro atoms. The van der Waals surface area contributed by atoms with Crippen molar-refractivity contribution in [3.05, 3.63) is 58.9 Å². The van der Waals surface area contributed by atoms with Crippen molar-refractivity contribution in [2.75, 3.05) is 5.32 Å². The first kappa shape index (κ1) is 13.4. The molecule has 0 aromatic heterocycles. The van der Waals surface area contributed by atoms with E-state index in [1.807, 2.05) is 0 Å². The predicted octanol–water partition coefficient (Wildman–Crippen LogP) is 3.59. The van der Waals surface area contributed by atoms with Gasteiger partial charge in [-0.05, 0) is 36.2 Å². The van der Waals surface area contributed by atoms with Crippen LogP contribution in [0.3, 0.4) is 0 Å². The predicted molar refractivity (Wildman–Crippen MR) is 80.4 cm³/mol. The Kier molecular flexibility index (Phi) is 3.44. The van der Waals surface area contributed by atoms with Crippen LogP contribution >= 0.6 is 0 Å². The van der Waals surface area contributed by atoms with Gasteiger partial charge in [-0.2, -0.15) is 0 Å². The van der Waals surface area contributed by atoms with Gasteiger partial charge in [0.25, 0.3) is 0 Å². The summed E-state index contributed by atoms with van der Waals surface area (Å²) in [4.78, 5) is 11.3. The van der Waals surface area contributed by atoms with Gasteiger partial charge in [0.2, 0.25) is 5.91 Å². The number of amides is 1. The van der Waals surface area contributed by atoms with Gasteiger partial charge in [0.1, 0.15) is 11.6 Å². The standard InChI is InChI=1S/C17H14FNO2/c18-17-12(4-1-11-2-6-13(20)7-3-11)5-9-15-14(17)8-10-16(21)19-15/h1-7,9,20H,8,10H2,(H,19,21)/b4-1+. The van der Waals surface area contributed by atoms with Gasteiger partial charge in [0.15, 0.2) is 0 Å². The zero-order valence-electron chi connectivity index (χ0n) is 11.3. The highest BCUT2D eigenvalue weighted by Gasteiger charge is 2.19. The monoisotopic (exact) mass is 283 g/mol. The lowest BCUT2D eigenvalue weighted by molar-refractivity contribution is -0.116. The molecule has 0 radical (unpaired) electrons. The number of phenolic OH excluding ortho intramolecular Hbond substituents is 1. The number of anilines is 1. The smallest absolute Gasteiger partial charge is 0.224 e. The van der Waals surface area contributed by atoms with Gasteiger partial charge in [0, 0.05) is 23.2 Å². The molecule has 1 amide bonds. The van der Waals surface area contributed by atoms with Crippen LogP contribution < -0.4 is 5.32 Å². The topological polar surface area (TPSA) is 49.3 Å². The van der Waals surface area contributed by atoms with E-state index >= 15 is 0 Å². The van der Waals surface area contributed by atoms with Crippen LogP contribution in [0.2, 0.25) is 0 Å². The Morgan fingerprint density at radius 2 is 1.81 bits per heavy atom. The van der Waals surface area contributed by atoms with Gasteiger partial charge in [-0.25, -0.2) is 4.39 Å². The summed E-state index contributed by atoms with van der Waals surface area (Å²) in [7, 11) is 0. The number of benzene rings is 2. The molecular formula is C17H14FNO2. The minimum Gasteiger partial charge on any atom is -0.508 e. The second-order valence-electron chi connectivity index (χ2n) is 4.97. The van der Waals surface area contributed by atoms with Crippen molar-refractivity contribution in [1.29, 1.82) is 0 Å². The maximum absolute atomic E-state index is 14.4. The Bertz CT molecular complexity index is 720. The molecule has 2 aromatic rings. The molecule has 2 aromatic carbocycles. The zero-order chi connectivity index (χ0) is 14.8. The summed E-state index contributed by atoms with van der Waals surface area (Å²) in [5, 5.41) is 11.9. The first-order chi connectivity index (χ1) is 10.1. The van der Waals surface area contributed by atoms with E-state index in [2.05, 4.69) is 5.32 Å². The van der Waals surface area contributed by atoms with Crippen molar-refractivity contribution in [3.8, 4) is 5.75 Å². The molecule has 0 bridgehead atoms. The number of rotatable bonds is 2. The lowest BCUT2D eigenvalue weighted by Gasteiger charge is -2.18. The van der Waals surface area contributed by atoms with Gasteiger partial charge >= 0.3 is 0 Å². The molecule has 0 aliphatic carbocycles. The molecule has 2 N–H and O–H groups in total. The van der Waals surface area contributed by atoms with Gasteiger partial charge in [-0.15, -0.1) is 0 Å². The average Bonchev–Trinajstić information content (AvgIpc) is 2.48. The number of halogens is 1. The normalized spacial score (nSPS) is 14.0.